The van der Waals surface area contributed by atoms with Gasteiger partial charge in [0.25, 0.3) is 0 Å². The third-order valence-corrected chi connectivity index (χ3v) is 7.44. The predicted octanol–water partition coefficient (Wildman–Crippen LogP) is 5.25. The van der Waals surface area contributed by atoms with Crippen molar-refractivity contribution in [3.8, 4) is 11.3 Å². The molecule has 1 saturated heterocycles. The molecule has 2 fully saturated rings. The minimum atomic E-state index is -0.907. The van der Waals surface area contributed by atoms with Crippen molar-refractivity contribution in [2.75, 3.05) is 11.9 Å². The Bertz CT molecular complexity index is 1240. The number of hydrogen-bond donors (Lipinski definition) is 3. The fourth-order valence-corrected chi connectivity index (χ4v) is 5.47. The third-order valence-electron chi connectivity index (χ3n) is 6.36. The number of rotatable bonds is 5. The number of ether oxygens (including phenoxy) is 1. The average molecular weight is 891 g/mol. The Hall–Kier alpha value is -2.60. The van der Waals surface area contributed by atoms with Gasteiger partial charge in [-0.15, -0.1) is 6.42 Å². The smallest absolute Gasteiger partial charge is 0.193 e. The van der Waals surface area contributed by atoms with E-state index >= 15 is 4.39 Å². The zero-order valence-corrected chi connectivity index (χ0v) is 25.6. The largest absolute Gasteiger partial charge is 0.551 e. The third kappa shape index (κ3) is 5.64. The predicted molar refractivity (Wildman–Crippen MR) is 146 cm³/mol. The number of anilines is 1. The Morgan fingerprint density at radius 3 is 2.70 bits per heavy atom. The van der Waals surface area contributed by atoms with Crippen LogP contribution in [0, 0.1) is 25.9 Å². The summed E-state index contributed by atoms with van der Waals surface area (Å²) in [5.41, 5.74) is 1.82. The molecule has 0 amide bonds. The molecular weight excluding hydrogens is 862 g/mol. The number of benzene rings is 1. The van der Waals surface area contributed by atoms with Gasteiger partial charge < -0.3 is 32.3 Å². The molecule has 37 heavy (non-hydrogen) atoms. The molecule has 1 saturated carbocycles. The molecule has 3 aromatic rings. The molecule has 0 bridgehead atoms. The Kier molecular flexibility index (Phi) is 8.94. The van der Waals surface area contributed by atoms with Crippen LogP contribution in [0.5, 0.6) is 0 Å². The van der Waals surface area contributed by atoms with Crippen molar-refractivity contribution in [1.29, 1.82) is 0 Å². The Balaban J connectivity index is 0.00000190. The van der Waals surface area contributed by atoms with Gasteiger partial charge in [0.1, 0.15) is 11.3 Å². The van der Waals surface area contributed by atoms with Crippen molar-refractivity contribution < 1.29 is 19.3 Å². The Morgan fingerprint density at radius 1 is 1.30 bits per heavy atom. The van der Waals surface area contributed by atoms with E-state index in [0.29, 0.717) is 54.2 Å². The second-order valence-corrected chi connectivity index (χ2v) is 11.5. The quantitative estimate of drug-likeness (QED) is 0.183. The van der Waals surface area contributed by atoms with E-state index in [1.54, 1.807) is 0 Å². The first kappa shape index (κ1) is 29.0. The van der Waals surface area contributed by atoms with E-state index in [0.717, 1.165) is 5.82 Å². The van der Waals surface area contributed by atoms with Gasteiger partial charge in [-0.3, -0.25) is 0 Å². The molecule has 3 N–H and O–H groups in total. The van der Waals surface area contributed by atoms with E-state index in [4.69, 9.17) is 16.3 Å². The van der Waals surface area contributed by atoms with Crippen molar-refractivity contribution in [3.05, 3.63) is 55.1 Å². The van der Waals surface area contributed by atoms with E-state index in [1.807, 2.05) is 24.5 Å². The van der Waals surface area contributed by atoms with Gasteiger partial charge in [-0.1, -0.05) is 34.2 Å². The van der Waals surface area contributed by atoms with Gasteiger partial charge in [0.2, 0.25) is 0 Å². The maximum absolute atomic E-state index is 15.3. The summed E-state index contributed by atoms with van der Waals surface area (Å²) >= 11 is 8.71. The maximum Gasteiger partial charge on any atom is 0.193 e. The molecule has 1 radical (unpaired) electrons. The summed E-state index contributed by atoms with van der Waals surface area (Å²) in [6.07, 6.45) is 2.05. The van der Waals surface area contributed by atoms with Crippen LogP contribution in [0.25, 0.3) is 22.3 Å². The zero-order valence-electron chi connectivity index (χ0n) is 20.5. The minimum absolute atomic E-state index is 0. The van der Waals surface area contributed by atoms with Gasteiger partial charge in [0.15, 0.2) is 11.8 Å². The molecule has 2 aromatic heterocycles. The van der Waals surface area contributed by atoms with Crippen molar-refractivity contribution in [1.82, 2.24) is 19.5 Å². The molecule has 211 valence electrons. The number of hydrogen-bond acceptors (Lipinski definition) is 7. The number of alkyl halides is 1. The summed E-state index contributed by atoms with van der Waals surface area (Å²) in [6, 6.07) is 3.89. The van der Waals surface area contributed by atoms with Crippen LogP contribution in [0.4, 0.5) is 10.3 Å². The Labute approximate surface area is 228 Å². The number of fused-ring (bicyclic) bond motifs is 1. The molecule has 8 nitrogen and oxygen atoms in total. The summed E-state index contributed by atoms with van der Waals surface area (Å²) < 4.78 is 22.9. The molecule has 0 spiro atoms. The summed E-state index contributed by atoms with van der Waals surface area (Å²) in [4.78, 5) is 13.4. The molecule has 3 heterocycles. The van der Waals surface area contributed by atoms with Crippen LogP contribution in [0.1, 0.15) is 50.9 Å². The normalized spacial score (nSPS) is 24.2. The molecule has 1 aliphatic heterocycles. The SMILES string of the molecule is CC(C)n1c(C2CC(O)C2)nc2c(F)cc(-c3nc(N[C-]4C[C@H](I)CO[CH-][C@H]4O)ncc3Cl)cc21.[CH3-].[Lr]. The summed E-state index contributed by atoms with van der Waals surface area (Å²) in [5, 5.41) is 23.5. The van der Waals surface area contributed by atoms with Crippen LogP contribution < -0.4 is 5.32 Å². The topological polar surface area (TPSA) is 105 Å². The van der Waals surface area contributed by atoms with Crippen LogP contribution in [0.3, 0.4) is 0 Å². The molecule has 2 aliphatic rings. The van der Waals surface area contributed by atoms with Gasteiger partial charge >= 0.3 is 0 Å². The van der Waals surface area contributed by atoms with Gasteiger partial charge in [-0.05, 0) is 38.8 Å². The first-order valence-electron chi connectivity index (χ1n) is 11.5. The number of nitrogens with one attached hydrogen (secondary N) is 1. The zero-order chi connectivity index (χ0) is 24.9. The van der Waals surface area contributed by atoms with E-state index in [9.17, 15) is 10.2 Å². The summed E-state index contributed by atoms with van der Waals surface area (Å²) in [6.45, 7) is 5.94. The second kappa shape index (κ2) is 11.4. The molecule has 1 aliphatic carbocycles. The summed E-state index contributed by atoms with van der Waals surface area (Å²) in [7, 11) is 0. The van der Waals surface area contributed by atoms with Crippen LogP contribution in [-0.4, -0.2) is 52.5 Å². The average Bonchev–Trinajstić information content (AvgIpc) is 3.09. The number of aliphatic hydroxyl groups is 2. The number of aromatic nitrogens is 4. The monoisotopic (exact) mass is 890 g/mol. The fourth-order valence-electron chi connectivity index (χ4n) is 4.59. The number of halogens is 3. The van der Waals surface area contributed by atoms with Gasteiger partial charge in [0.05, 0.1) is 28.5 Å². The molecule has 12 heteroatoms. The van der Waals surface area contributed by atoms with Gasteiger partial charge in [-0.25, -0.2) is 32.0 Å². The summed E-state index contributed by atoms with van der Waals surface area (Å²) in [5.74, 6) is 0.680. The molecule has 1 aromatic carbocycles. The molecular formula is C25H29ClFILrN5O3-3. The first-order valence-corrected chi connectivity index (χ1v) is 13.2. The van der Waals surface area contributed by atoms with E-state index in [-0.39, 0.29) is 40.4 Å². The van der Waals surface area contributed by atoms with Gasteiger partial charge in [0, 0.05) is 28.1 Å². The molecule has 0 unspecified atom stereocenters. The fraction of sp³-hybridized carbons (Fsp3) is 0.440. The minimum Gasteiger partial charge on any atom is -0.551 e. The second-order valence-electron chi connectivity index (χ2n) is 9.34. The van der Waals surface area contributed by atoms with Crippen LogP contribution >= 0.6 is 34.2 Å². The number of nitrogens with zero attached hydrogens (tertiary/aromatic N) is 4. The van der Waals surface area contributed by atoms with Gasteiger partial charge in [-0.2, -0.15) is 6.10 Å². The molecule has 5 rings (SSSR count). The first-order chi connectivity index (χ1) is 16.7. The van der Waals surface area contributed by atoms with Crippen LogP contribution in [0.15, 0.2) is 18.3 Å². The van der Waals surface area contributed by atoms with E-state index in [2.05, 4.69) is 42.9 Å². The Morgan fingerprint density at radius 2 is 2.03 bits per heavy atom. The standard InChI is InChI=1S/C24H26ClFIN5O3.CH3.Lr/c1-11(2)32-19-6-12(5-17(26)22(19)30-23(32)13-3-15(33)4-13)21-16(25)8-28-24(31-21)29-18-7-14(27)9-35-10-20(18)34;;/h5-6,8,10-11,13-15,20,33-34H,3-4,7,9H2,1-2H3,(H,28,29,31);1H3;/q-2;-1;/t13?,14-,15?,20+;;/m0../s1. The van der Waals surface area contributed by atoms with E-state index in [1.165, 1.54) is 18.9 Å². The van der Waals surface area contributed by atoms with Crippen molar-refractivity contribution >= 4 is 51.2 Å². The number of aliphatic hydroxyl groups excluding tert-OH is 2. The van der Waals surface area contributed by atoms with Crippen LogP contribution in [0.2, 0.25) is 5.02 Å². The molecule has 2 atom stereocenters. The van der Waals surface area contributed by atoms with Crippen molar-refractivity contribution in [2.24, 2.45) is 0 Å². The van der Waals surface area contributed by atoms with Crippen LogP contribution in [-0.2, 0) is 4.74 Å². The van der Waals surface area contributed by atoms with E-state index < -0.39 is 11.9 Å². The van der Waals surface area contributed by atoms with Crippen molar-refractivity contribution in [3.63, 3.8) is 0 Å². The van der Waals surface area contributed by atoms with Crippen molar-refractivity contribution in [2.45, 2.75) is 61.2 Å². The number of imidazole rings is 1. The maximum atomic E-state index is 15.3.